The fourth-order valence-electron chi connectivity index (χ4n) is 2.21. The number of benzene rings is 1. The van der Waals surface area contributed by atoms with Gasteiger partial charge in [0.05, 0.1) is 0 Å². The van der Waals surface area contributed by atoms with Gasteiger partial charge in [-0.25, -0.2) is 0 Å². The maximum Gasteiger partial charge on any atom is 0.0449 e. The van der Waals surface area contributed by atoms with E-state index in [9.17, 15) is 0 Å². The van der Waals surface area contributed by atoms with Gasteiger partial charge in [-0.3, -0.25) is 0 Å². The number of halogens is 1. The average molecular weight is 359 g/mol. The lowest BCUT2D eigenvalue weighted by atomic mass is 10.0. The third-order valence-electron chi connectivity index (χ3n) is 3.64. The fraction of sp³-hybridized carbons (Fsp3) is 0.625. The summed E-state index contributed by atoms with van der Waals surface area (Å²) in [4.78, 5) is 2.46. The first-order valence-corrected chi connectivity index (χ1v) is 9.31. The van der Waals surface area contributed by atoms with Crippen LogP contribution in [-0.4, -0.2) is 36.3 Å². The highest BCUT2D eigenvalue weighted by Gasteiger charge is 2.19. The van der Waals surface area contributed by atoms with Gasteiger partial charge in [0.15, 0.2) is 0 Å². The van der Waals surface area contributed by atoms with E-state index in [2.05, 4.69) is 65.9 Å². The van der Waals surface area contributed by atoms with Crippen molar-refractivity contribution < 1.29 is 0 Å². The first-order valence-electron chi connectivity index (χ1n) is 7.47. The van der Waals surface area contributed by atoms with Gasteiger partial charge < -0.3 is 10.6 Å². The summed E-state index contributed by atoms with van der Waals surface area (Å²) < 4.78 is 1.13. The van der Waals surface area contributed by atoms with Crippen LogP contribution in [0.2, 0.25) is 0 Å². The Hall–Kier alpha value is -0.0300. The van der Waals surface area contributed by atoms with Crippen molar-refractivity contribution in [3.63, 3.8) is 0 Å². The van der Waals surface area contributed by atoms with Crippen LogP contribution in [-0.2, 0) is 0 Å². The molecule has 2 N–H and O–H groups in total. The minimum Gasteiger partial charge on any atom is -0.326 e. The number of nitrogens with two attached hydrogens (primary N) is 1. The van der Waals surface area contributed by atoms with E-state index < -0.39 is 0 Å². The Labute approximate surface area is 136 Å². The molecule has 114 valence electrons. The van der Waals surface area contributed by atoms with Gasteiger partial charge in [-0.05, 0) is 37.2 Å². The highest BCUT2D eigenvalue weighted by molar-refractivity contribution is 9.10. The van der Waals surface area contributed by atoms with Crippen LogP contribution in [0, 0.1) is 0 Å². The van der Waals surface area contributed by atoms with Crippen LogP contribution in [0.5, 0.6) is 0 Å². The van der Waals surface area contributed by atoms with E-state index in [-0.39, 0.29) is 6.04 Å². The standard InChI is InChI=1S/C16H27BrN2S/c1-4-15(18)16(13-8-7-9-14(17)12-13)20-11-10-19(5-2)6-3/h7-9,12,15-16H,4-6,10-11,18H2,1-3H3. The fourth-order valence-corrected chi connectivity index (χ4v) is 4.03. The number of nitrogens with zero attached hydrogens (tertiary/aromatic N) is 1. The third kappa shape index (κ3) is 5.76. The molecule has 20 heavy (non-hydrogen) atoms. The van der Waals surface area contributed by atoms with Crippen molar-refractivity contribution in [2.24, 2.45) is 5.73 Å². The van der Waals surface area contributed by atoms with Crippen molar-refractivity contribution in [3.8, 4) is 0 Å². The second kappa shape index (κ2) is 9.82. The molecule has 1 aromatic carbocycles. The first-order chi connectivity index (χ1) is 9.62. The molecule has 2 atom stereocenters. The minimum absolute atomic E-state index is 0.214. The zero-order chi connectivity index (χ0) is 15.0. The van der Waals surface area contributed by atoms with Crippen LogP contribution in [0.3, 0.4) is 0 Å². The smallest absolute Gasteiger partial charge is 0.0449 e. The van der Waals surface area contributed by atoms with E-state index in [4.69, 9.17) is 5.73 Å². The van der Waals surface area contributed by atoms with E-state index in [1.54, 1.807) is 0 Å². The zero-order valence-corrected chi connectivity index (χ0v) is 15.2. The van der Waals surface area contributed by atoms with Crippen molar-refractivity contribution in [2.75, 3.05) is 25.4 Å². The maximum atomic E-state index is 6.33. The van der Waals surface area contributed by atoms with E-state index in [1.807, 2.05) is 11.8 Å². The number of hydrogen-bond acceptors (Lipinski definition) is 3. The quantitative estimate of drug-likeness (QED) is 0.713. The molecule has 0 heterocycles. The highest BCUT2D eigenvalue weighted by atomic mass is 79.9. The lowest BCUT2D eigenvalue weighted by Crippen LogP contribution is -2.29. The number of thioether (sulfide) groups is 1. The van der Waals surface area contributed by atoms with Gasteiger partial charge in [-0.2, -0.15) is 11.8 Å². The van der Waals surface area contributed by atoms with Crippen molar-refractivity contribution in [1.29, 1.82) is 0 Å². The van der Waals surface area contributed by atoms with Gasteiger partial charge in [0, 0.05) is 28.1 Å². The molecule has 0 saturated heterocycles. The SMILES string of the molecule is CCC(N)C(SCCN(CC)CC)c1cccc(Br)c1. The Balaban J connectivity index is 2.66. The molecule has 0 spiro atoms. The van der Waals surface area contributed by atoms with Gasteiger partial charge >= 0.3 is 0 Å². The average Bonchev–Trinajstić information content (AvgIpc) is 2.47. The molecular formula is C16H27BrN2S. The number of hydrogen-bond donors (Lipinski definition) is 1. The molecule has 2 nitrogen and oxygen atoms in total. The predicted molar refractivity (Wildman–Crippen MR) is 95.4 cm³/mol. The summed E-state index contributed by atoms with van der Waals surface area (Å²) >= 11 is 5.54. The molecule has 0 aliphatic carbocycles. The van der Waals surface area contributed by atoms with Gasteiger partial charge in [0.25, 0.3) is 0 Å². The molecule has 0 saturated carbocycles. The van der Waals surface area contributed by atoms with Crippen molar-refractivity contribution >= 4 is 27.7 Å². The molecule has 1 aromatic rings. The summed E-state index contributed by atoms with van der Waals surface area (Å²) in [5, 5.41) is 0.382. The van der Waals surface area contributed by atoms with Crippen molar-refractivity contribution in [1.82, 2.24) is 4.90 Å². The van der Waals surface area contributed by atoms with E-state index in [0.717, 1.165) is 36.3 Å². The summed E-state index contributed by atoms with van der Waals surface area (Å²) in [6.45, 7) is 9.99. The van der Waals surface area contributed by atoms with Crippen LogP contribution >= 0.6 is 27.7 Å². The van der Waals surface area contributed by atoms with E-state index in [1.165, 1.54) is 5.56 Å². The molecule has 1 rings (SSSR count). The summed E-state index contributed by atoms with van der Waals surface area (Å²) in [6.07, 6.45) is 1.01. The molecule has 4 heteroatoms. The molecule has 0 aliphatic heterocycles. The van der Waals surface area contributed by atoms with Crippen LogP contribution in [0.15, 0.2) is 28.7 Å². The van der Waals surface area contributed by atoms with Crippen LogP contribution in [0.4, 0.5) is 0 Å². The van der Waals surface area contributed by atoms with E-state index in [0.29, 0.717) is 5.25 Å². The Morgan fingerprint density at radius 1 is 1.25 bits per heavy atom. The van der Waals surface area contributed by atoms with E-state index >= 15 is 0 Å². The third-order valence-corrected chi connectivity index (χ3v) is 5.53. The van der Waals surface area contributed by atoms with Crippen LogP contribution < -0.4 is 5.73 Å². The summed E-state index contributed by atoms with van der Waals surface area (Å²) in [7, 11) is 0. The first kappa shape index (κ1) is 18.0. The molecule has 0 radical (unpaired) electrons. The second-order valence-electron chi connectivity index (χ2n) is 4.95. The van der Waals surface area contributed by atoms with Crippen molar-refractivity contribution in [2.45, 2.75) is 38.5 Å². The molecular weight excluding hydrogens is 332 g/mol. The van der Waals surface area contributed by atoms with Gasteiger partial charge in [-0.1, -0.05) is 48.8 Å². The Kier molecular flexibility index (Phi) is 8.85. The summed E-state index contributed by atoms with van der Waals surface area (Å²) in [5.41, 5.74) is 7.66. The second-order valence-corrected chi connectivity index (χ2v) is 7.11. The highest BCUT2D eigenvalue weighted by Crippen LogP contribution is 2.33. The largest absolute Gasteiger partial charge is 0.326 e. The normalized spacial score (nSPS) is 14.5. The molecule has 0 fully saturated rings. The molecule has 0 bridgehead atoms. The lowest BCUT2D eigenvalue weighted by molar-refractivity contribution is 0.323. The molecule has 0 aliphatic rings. The van der Waals surface area contributed by atoms with Gasteiger partial charge in [-0.15, -0.1) is 0 Å². The van der Waals surface area contributed by atoms with Crippen LogP contribution in [0.1, 0.15) is 38.0 Å². The maximum absolute atomic E-state index is 6.33. The summed E-state index contributed by atoms with van der Waals surface area (Å²) in [5.74, 6) is 1.13. The predicted octanol–water partition coefficient (Wildman–Crippen LogP) is 4.30. The lowest BCUT2D eigenvalue weighted by Gasteiger charge is -2.25. The number of rotatable bonds is 9. The summed E-state index contributed by atoms with van der Waals surface area (Å²) in [6, 6.07) is 8.77. The Morgan fingerprint density at radius 3 is 2.50 bits per heavy atom. The monoisotopic (exact) mass is 358 g/mol. The minimum atomic E-state index is 0.214. The zero-order valence-electron chi connectivity index (χ0n) is 12.8. The Morgan fingerprint density at radius 2 is 1.95 bits per heavy atom. The van der Waals surface area contributed by atoms with Crippen LogP contribution in [0.25, 0.3) is 0 Å². The van der Waals surface area contributed by atoms with Gasteiger partial charge in [0.1, 0.15) is 0 Å². The molecule has 0 amide bonds. The Bertz CT molecular complexity index is 382. The van der Waals surface area contributed by atoms with Crippen molar-refractivity contribution in [3.05, 3.63) is 34.3 Å². The molecule has 2 unspecified atom stereocenters. The van der Waals surface area contributed by atoms with Gasteiger partial charge in [0.2, 0.25) is 0 Å². The molecule has 0 aromatic heterocycles. The topological polar surface area (TPSA) is 29.3 Å².